The smallest absolute Gasteiger partial charge is 0.226 e. The van der Waals surface area contributed by atoms with E-state index in [2.05, 4.69) is 25.3 Å². The number of aromatic nitrogens is 6. The summed E-state index contributed by atoms with van der Waals surface area (Å²) in [6.45, 7) is 0.476. The first-order valence-electron chi connectivity index (χ1n) is 6.45. The molecule has 0 radical (unpaired) electrons. The van der Waals surface area contributed by atoms with Gasteiger partial charge in [0.1, 0.15) is 12.1 Å². The van der Waals surface area contributed by atoms with Crippen LogP contribution in [0.4, 0.5) is 0 Å². The molecule has 0 saturated carbocycles. The molecule has 0 amide bonds. The summed E-state index contributed by atoms with van der Waals surface area (Å²) in [5.74, 6) is -0.589. The lowest BCUT2D eigenvalue weighted by molar-refractivity contribution is 0.103. The van der Waals surface area contributed by atoms with Crippen molar-refractivity contribution < 1.29 is 9.90 Å². The van der Waals surface area contributed by atoms with Crippen LogP contribution in [0, 0.1) is 0 Å². The number of carbonyl (C=O) groups is 1. The standard InChI is InChI=1S/C14H12N6O2/c21-12(5-13(22)14-16-9-17-19-14)10-6-18-20(7-10)8-11-3-1-2-4-15-11/h1-7,9,21H,8H2,(H,16,17,19). The molecule has 0 bridgehead atoms. The molecule has 22 heavy (non-hydrogen) atoms. The van der Waals surface area contributed by atoms with Crippen molar-refractivity contribution in [2.45, 2.75) is 6.54 Å². The Morgan fingerprint density at radius 3 is 3.00 bits per heavy atom. The third-order valence-corrected chi connectivity index (χ3v) is 2.90. The normalized spacial score (nSPS) is 11.5. The minimum absolute atomic E-state index is 0.0624. The second-order valence-electron chi connectivity index (χ2n) is 4.48. The predicted octanol–water partition coefficient (Wildman–Crippen LogP) is 1.23. The van der Waals surface area contributed by atoms with Crippen LogP contribution in [0.5, 0.6) is 0 Å². The summed E-state index contributed by atoms with van der Waals surface area (Å²) in [5.41, 5.74) is 1.28. The highest BCUT2D eigenvalue weighted by atomic mass is 16.3. The minimum Gasteiger partial charge on any atom is -0.507 e. The third kappa shape index (κ3) is 3.06. The molecule has 3 aromatic heterocycles. The molecule has 0 aliphatic heterocycles. The molecular weight excluding hydrogens is 284 g/mol. The fourth-order valence-electron chi connectivity index (χ4n) is 1.84. The summed E-state index contributed by atoms with van der Waals surface area (Å²) in [6.07, 6.45) is 7.11. The molecule has 3 aromatic rings. The second-order valence-corrected chi connectivity index (χ2v) is 4.48. The molecule has 0 spiro atoms. The van der Waals surface area contributed by atoms with E-state index in [4.69, 9.17) is 0 Å². The summed E-state index contributed by atoms with van der Waals surface area (Å²) in [5, 5.41) is 20.1. The molecule has 3 heterocycles. The van der Waals surface area contributed by atoms with Gasteiger partial charge in [-0.2, -0.15) is 10.2 Å². The summed E-state index contributed by atoms with van der Waals surface area (Å²) >= 11 is 0. The molecule has 110 valence electrons. The molecule has 8 nitrogen and oxygen atoms in total. The van der Waals surface area contributed by atoms with Crippen LogP contribution in [-0.2, 0) is 6.54 Å². The number of allylic oxidation sites excluding steroid dienone is 1. The van der Waals surface area contributed by atoms with Gasteiger partial charge in [0.25, 0.3) is 0 Å². The average molecular weight is 296 g/mol. The van der Waals surface area contributed by atoms with Crippen molar-refractivity contribution in [3.05, 3.63) is 66.3 Å². The number of H-pyrrole nitrogens is 1. The van der Waals surface area contributed by atoms with E-state index in [1.165, 1.54) is 12.5 Å². The van der Waals surface area contributed by atoms with Gasteiger partial charge in [-0.3, -0.25) is 19.6 Å². The Labute approximate surface area is 125 Å². The van der Waals surface area contributed by atoms with Gasteiger partial charge in [0.15, 0.2) is 5.82 Å². The fourth-order valence-corrected chi connectivity index (χ4v) is 1.84. The van der Waals surface area contributed by atoms with E-state index in [1.807, 2.05) is 18.2 Å². The van der Waals surface area contributed by atoms with Gasteiger partial charge < -0.3 is 5.11 Å². The van der Waals surface area contributed by atoms with Crippen LogP contribution in [0.3, 0.4) is 0 Å². The molecule has 0 fully saturated rings. The topological polar surface area (TPSA) is 110 Å². The van der Waals surface area contributed by atoms with Crippen molar-refractivity contribution in [1.29, 1.82) is 0 Å². The number of aliphatic hydroxyl groups excluding tert-OH is 1. The van der Waals surface area contributed by atoms with Crippen molar-refractivity contribution in [2.24, 2.45) is 0 Å². The lowest BCUT2D eigenvalue weighted by atomic mass is 10.2. The van der Waals surface area contributed by atoms with Crippen LogP contribution >= 0.6 is 0 Å². The zero-order chi connectivity index (χ0) is 15.4. The number of aromatic amines is 1. The number of hydrogen-bond acceptors (Lipinski definition) is 6. The summed E-state index contributed by atoms with van der Waals surface area (Å²) in [4.78, 5) is 19.7. The summed E-state index contributed by atoms with van der Waals surface area (Å²) in [6, 6.07) is 5.60. The number of nitrogens with zero attached hydrogens (tertiary/aromatic N) is 5. The van der Waals surface area contributed by atoms with Gasteiger partial charge in [0.2, 0.25) is 5.78 Å². The van der Waals surface area contributed by atoms with E-state index >= 15 is 0 Å². The number of aliphatic hydroxyl groups is 1. The number of nitrogens with one attached hydrogen (secondary N) is 1. The monoisotopic (exact) mass is 296 g/mol. The Balaban J connectivity index is 1.74. The molecular formula is C14H12N6O2. The Kier molecular flexibility index (Phi) is 3.73. The van der Waals surface area contributed by atoms with Crippen LogP contribution in [0.1, 0.15) is 21.9 Å². The van der Waals surface area contributed by atoms with Crippen LogP contribution in [-0.4, -0.2) is 40.8 Å². The highest BCUT2D eigenvalue weighted by Gasteiger charge is 2.10. The first kappa shape index (κ1) is 13.7. The van der Waals surface area contributed by atoms with E-state index < -0.39 is 5.78 Å². The molecule has 0 aliphatic carbocycles. The number of pyridine rings is 1. The van der Waals surface area contributed by atoms with E-state index in [-0.39, 0.29) is 11.6 Å². The Bertz CT molecular complexity index is 792. The molecule has 0 atom stereocenters. The first-order valence-corrected chi connectivity index (χ1v) is 6.45. The number of ketones is 1. The van der Waals surface area contributed by atoms with Crippen LogP contribution in [0.15, 0.2) is 49.2 Å². The van der Waals surface area contributed by atoms with Gasteiger partial charge in [-0.15, -0.1) is 0 Å². The van der Waals surface area contributed by atoms with Gasteiger partial charge in [0.05, 0.1) is 24.0 Å². The highest BCUT2D eigenvalue weighted by Crippen LogP contribution is 2.11. The van der Waals surface area contributed by atoms with E-state index in [0.717, 1.165) is 11.8 Å². The fraction of sp³-hybridized carbons (Fsp3) is 0.0714. The van der Waals surface area contributed by atoms with Gasteiger partial charge in [-0.25, -0.2) is 4.98 Å². The van der Waals surface area contributed by atoms with Crippen molar-refractivity contribution >= 4 is 11.5 Å². The van der Waals surface area contributed by atoms with Crippen molar-refractivity contribution in [3.8, 4) is 0 Å². The van der Waals surface area contributed by atoms with Gasteiger partial charge in [0, 0.05) is 18.5 Å². The lowest BCUT2D eigenvalue weighted by Crippen LogP contribution is -2.01. The molecule has 0 saturated heterocycles. The predicted molar refractivity (Wildman–Crippen MR) is 76.9 cm³/mol. The van der Waals surface area contributed by atoms with E-state index in [9.17, 15) is 9.90 Å². The maximum atomic E-state index is 11.8. The number of hydrogen-bond donors (Lipinski definition) is 2. The largest absolute Gasteiger partial charge is 0.507 e. The van der Waals surface area contributed by atoms with Gasteiger partial charge in [-0.05, 0) is 12.1 Å². The maximum absolute atomic E-state index is 11.8. The summed E-state index contributed by atoms with van der Waals surface area (Å²) in [7, 11) is 0. The second kappa shape index (κ2) is 6.00. The average Bonchev–Trinajstić information content (AvgIpc) is 3.19. The number of carbonyl (C=O) groups excluding carboxylic acids is 1. The highest BCUT2D eigenvalue weighted by molar-refractivity contribution is 6.05. The molecule has 0 unspecified atom stereocenters. The first-order chi connectivity index (χ1) is 10.7. The van der Waals surface area contributed by atoms with E-state index in [1.54, 1.807) is 17.1 Å². The Hall–Kier alpha value is -3.29. The minimum atomic E-state index is -0.465. The molecule has 0 aliphatic rings. The van der Waals surface area contributed by atoms with E-state index in [0.29, 0.717) is 12.1 Å². The van der Waals surface area contributed by atoms with Gasteiger partial charge >= 0.3 is 0 Å². The quantitative estimate of drug-likeness (QED) is 0.416. The molecule has 2 N–H and O–H groups in total. The van der Waals surface area contributed by atoms with Crippen molar-refractivity contribution in [1.82, 2.24) is 29.9 Å². The zero-order valence-electron chi connectivity index (χ0n) is 11.4. The lowest BCUT2D eigenvalue weighted by Gasteiger charge is -1.99. The zero-order valence-corrected chi connectivity index (χ0v) is 11.4. The molecule has 3 rings (SSSR count). The third-order valence-electron chi connectivity index (χ3n) is 2.90. The Morgan fingerprint density at radius 2 is 2.27 bits per heavy atom. The summed E-state index contributed by atoms with van der Waals surface area (Å²) < 4.78 is 1.63. The maximum Gasteiger partial charge on any atom is 0.226 e. The van der Waals surface area contributed by atoms with Crippen LogP contribution < -0.4 is 0 Å². The SMILES string of the molecule is O=C(C=C(O)c1cnn(Cc2ccccn2)c1)c1ncn[nH]1. The van der Waals surface area contributed by atoms with Gasteiger partial charge in [-0.1, -0.05) is 6.07 Å². The molecule has 0 aromatic carbocycles. The molecule has 8 heteroatoms. The van der Waals surface area contributed by atoms with Crippen molar-refractivity contribution in [3.63, 3.8) is 0 Å². The van der Waals surface area contributed by atoms with Crippen LogP contribution in [0.25, 0.3) is 5.76 Å². The number of rotatable bonds is 5. The Morgan fingerprint density at radius 1 is 1.36 bits per heavy atom. The van der Waals surface area contributed by atoms with Crippen molar-refractivity contribution in [2.75, 3.05) is 0 Å². The van der Waals surface area contributed by atoms with Crippen LogP contribution in [0.2, 0.25) is 0 Å².